The first-order chi connectivity index (χ1) is 8.75. The number of halogens is 1. The van der Waals surface area contributed by atoms with Crippen LogP contribution in [0.15, 0.2) is 34.2 Å². The summed E-state index contributed by atoms with van der Waals surface area (Å²) >= 11 is 0. The molecule has 0 saturated heterocycles. The molecule has 114 valence electrons. The molecular weight excluding hydrogens is 391 g/mol. The lowest BCUT2D eigenvalue weighted by Crippen LogP contribution is -2.33. The van der Waals surface area contributed by atoms with Gasteiger partial charge >= 0.3 is 0 Å². The third-order valence-corrected chi connectivity index (χ3v) is 4.82. The topological polar surface area (TPSA) is 102 Å². The molecule has 6 nitrogen and oxygen atoms in total. The van der Waals surface area contributed by atoms with Crippen molar-refractivity contribution in [2.24, 2.45) is 16.5 Å². The molecule has 8 heteroatoms. The molecule has 0 amide bonds. The summed E-state index contributed by atoms with van der Waals surface area (Å²) in [6.07, 6.45) is 0. The van der Waals surface area contributed by atoms with Crippen LogP contribution in [-0.4, -0.2) is 31.8 Å². The summed E-state index contributed by atoms with van der Waals surface area (Å²) in [6.45, 7) is 3.98. The maximum absolute atomic E-state index is 12.2. The van der Waals surface area contributed by atoms with E-state index in [9.17, 15) is 8.42 Å². The van der Waals surface area contributed by atoms with Gasteiger partial charge < -0.3 is 11.5 Å². The van der Waals surface area contributed by atoms with Gasteiger partial charge in [-0.15, -0.1) is 24.0 Å². The Morgan fingerprint density at radius 3 is 2.15 bits per heavy atom. The second kappa shape index (κ2) is 7.79. The summed E-state index contributed by atoms with van der Waals surface area (Å²) in [4.78, 5) is 4.12. The van der Waals surface area contributed by atoms with Gasteiger partial charge in [0.2, 0.25) is 10.0 Å². The average molecular weight is 412 g/mol. The molecule has 0 radical (unpaired) electrons. The number of aliphatic imine (C=N–C) groups is 1. The summed E-state index contributed by atoms with van der Waals surface area (Å²) in [6, 6.07) is 6.43. The third kappa shape index (κ3) is 4.91. The van der Waals surface area contributed by atoms with Crippen LogP contribution in [0.3, 0.4) is 0 Å². The van der Waals surface area contributed by atoms with Gasteiger partial charge in [-0.25, -0.2) is 13.4 Å². The molecule has 0 aromatic heterocycles. The molecule has 0 saturated carbocycles. The first-order valence-electron chi connectivity index (χ1n) is 5.87. The Labute approximate surface area is 137 Å². The van der Waals surface area contributed by atoms with Gasteiger partial charge in [0.1, 0.15) is 0 Å². The number of guanidine groups is 1. The lowest BCUT2D eigenvalue weighted by atomic mass is 10.2. The fraction of sp³-hybridized carbons (Fsp3) is 0.417. The van der Waals surface area contributed by atoms with Gasteiger partial charge in [0.25, 0.3) is 0 Å². The normalized spacial score (nSPS) is 11.2. The smallest absolute Gasteiger partial charge is 0.243 e. The molecule has 0 bridgehead atoms. The number of sulfonamides is 1. The molecule has 0 unspecified atom stereocenters. The van der Waals surface area contributed by atoms with Gasteiger partial charge in [0.15, 0.2) is 5.96 Å². The predicted octanol–water partition coefficient (Wildman–Crippen LogP) is 1.11. The van der Waals surface area contributed by atoms with Crippen LogP contribution in [0.25, 0.3) is 0 Å². The fourth-order valence-corrected chi connectivity index (χ4v) is 2.76. The summed E-state index contributed by atoms with van der Waals surface area (Å²) in [5.41, 5.74) is 11.3. The Morgan fingerprint density at radius 2 is 1.75 bits per heavy atom. The van der Waals surface area contributed by atoms with Crippen LogP contribution in [0.1, 0.15) is 19.4 Å². The SMILES string of the molecule is CC(C)N(C)S(=O)(=O)c1ccc(CN=C(N)N)cc1.I. The van der Waals surface area contributed by atoms with E-state index >= 15 is 0 Å². The highest BCUT2D eigenvalue weighted by atomic mass is 127. The van der Waals surface area contributed by atoms with Gasteiger partial charge in [-0.1, -0.05) is 12.1 Å². The minimum atomic E-state index is -3.44. The largest absolute Gasteiger partial charge is 0.370 e. The van der Waals surface area contributed by atoms with Crippen molar-refractivity contribution in [2.45, 2.75) is 31.3 Å². The maximum atomic E-state index is 12.2. The molecule has 0 spiro atoms. The van der Waals surface area contributed by atoms with E-state index in [1.165, 1.54) is 4.31 Å². The molecule has 0 heterocycles. The summed E-state index contributed by atoms with van der Waals surface area (Å²) in [5.74, 6) is 0.0104. The van der Waals surface area contributed by atoms with E-state index in [0.29, 0.717) is 6.54 Å². The van der Waals surface area contributed by atoms with E-state index in [-0.39, 0.29) is 40.9 Å². The van der Waals surface area contributed by atoms with E-state index in [1.807, 2.05) is 13.8 Å². The third-order valence-electron chi connectivity index (χ3n) is 2.77. The van der Waals surface area contributed by atoms with E-state index in [0.717, 1.165) is 5.56 Å². The molecule has 0 atom stereocenters. The van der Waals surface area contributed by atoms with Gasteiger partial charge in [-0.3, -0.25) is 0 Å². The molecule has 1 aromatic rings. The first kappa shape index (κ1) is 19.1. The molecule has 20 heavy (non-hydrogen) atoms. The quantitative estimate of drug-likeness (QED) is 0.430. The van der Waals surface area contributed by atoms with Crippen molar-refractivity contribution in [1.29, 1.82) is 0 Å². The van der Waals surface area contributed by atoms with Crippen molar-refractivity contribution in [3.8, 4) is 0 Å². The molecule has 0 aliphatic heterocycles. The number of hydrogen-bond acceptors (Lipinski definition) is 3. The number of benzene rings is 1. The number of hydrogen-bond donors (Lipinski definition) is 2. The van der Waals surface area contributed by atoms with Crippen LogP contribution in [0, 0.1) is 0 Å². The van der Waals surface area contributed by atoms with Crippen molar-refractivity contribution in [3.63, 3.8) is 0 Å². The van der Waals surface area contributed by atoms with Crippen molar-refractivity contribution in [3.05, 3.63) is 29.8 Å². The zero-order chi connectivity index (χ0) is 14.6. The van der Waals surface area contributed by atoms with Gasteiger partial charge in [-0.2, -0.15) is 4.31 Å². The lowest BCUT2D eigenvalue weighted by Gasteiger charge is -2.20. The number of nitrogens with zero attached hydrogens (tertiary/aromatic N) is 2. The van der Waals surface area contributed by atoms with Crippen molar-refractivity contribution < 1.29 is 8.42 Å². The van der Waals surface area contributed by atoms with Crippen molar-refractivity contribution in [1.82, 2.24) is 4.31 Å². The Morgan fingerprint density at radius 1 is 1.25 bits per heavy atom. The fourth-order valence-electron chi connectivity index (χ4n) is 1.39. The molecule has 0 aliphatic carbocycles. The Balaban J connectivity index is 0.00000361. The monoisotopic (exact) mass is 412 g/mol. The summed E-state index contributed by atoms with van der Waals surface area (Å²) < 4.78 is 25.8. The molecule has 1 aromatic carbocycles. The van der Waals surface area contributed by atoms with Crippen LogP contribution in [-0.2, 0) is 16.6 Å². The van der Waals surface area contributed by atoms with Crippen LogP contribution in [0.2, 0.25) is 0 Å². The van der Waals surface area contributed by atoms with E-state index < -0.39 is 10.0 Å². The molecule has 1 rings (SSSR count). The first-order valence-corrected chi connectivity index (χ1v) is 7.31. The van der Waals surface area contributed by atoms with Gasteiger partial charge in [0, 0.05) is 13.1 Å². The zero-order valence-corrected chi connectivity index (χ0v) is 14.9. The average Bonchev–Trinajstić information content (AvgIpc) is 2.35. The minimum Gasteiger partial charge on any atom is -0.370 e. The van der Waals surface area contributed by atoms with E-state index in [4.69, 9.17) is 11.5 Å². The second-order valence-electron chi connectivity index (χ2n) is 4.50. The standard InChI is InChI=1S/C12H20N4O2S.HI/c1-9(2)16(3)19(17,18)11-6-4-10(5-7-11)8-15-12(13)14;/h4-7,9H,8H2,1-3H3,(H4,13,14,15);1H. The second-order valence-corrected chi connectivity index (χ2v) is 6.50. The van der Waals surface area contributed by atoms with Gasteiger partial charge in [0.05, 0.1) is 11.4 Å². The predicted molar refractivity (Wildman–Crippen MR) is 91.5 cm³/mol. The highest BCUT2D eigenvalue weighted by Crippen LogP contribution is 2.17. The molecular formula is C12H21IN4O2S. The summed E-state index contributed by atoms with van der Waals surface area (Å²) in [5, 5.41) is 0. The van der Waals surface area contributed by atoms with Crippen LogP contribution < -0.4 is 11.5 Å². The Bertz CT molecular complexity index is 551. The van der Waals surface area contributed by atoms with Crippen LogP contribution >= 0.6 is 24.0 Å². The van der Waals surface area contributed by atoms with Crippen molar-refractivity contribution in [2.75, 3.05) is 7.05 Å². The van der Waals surface area contributed by atoms with E-state index in [2.05, 4.69) is 4.99 Å². The van der Waals surface area contributed by atoms with Gasteiger partial charge in [-0.05, 0) is 31.5 Å². The van der Waals surface area contributed by atoms with Crippen LogP contribution in [0.4, 0.5) is 0 Å². The Kier molecular flexibility index (Phi) is 7.45. The summed E-state index contributed by atoms with van der Waals surface area (Å²) in [7, 11) is -1.88. The lowest BCUT2D eigenvalue weighted by molar-refractivity contribution is 0.410. The number of rotatable bonds is 5. The Hall–Kier alpha value is -0.870. The number of nitrogens with two attached hydrogens (primary N) is 2. The maximum Gasteiger partial charge on any atom is 0.243 e. The highest BCUT2D eigenvalue weighted by molar-refractivity contribution is 14.0. The molecule has 4 N–H and O–H groups in total. The zero-order valence-electron chi connectivity index (χ0n) is 11.8. The van der Waals surface area contributed by atoms with Crippen molar-refractivity contribution >= 4 is 40.0 Å². The molecule has 0 aliphatic rings. The highest BCUT2D eigenvalue weighted by Gasteiger charge is 2.22. The molecule has 0 fully saturated rings. The van der Waals surface area contributed by atoms with E-state index in [1.54, 1.807) is 31.3 Å². The minimum absolute atomic E-state index is 0. The van der Waals surface area contributed by atoms with Crippen LogP contribution in [0.5, 0.6) is 0 Å².